The van der Waals surface area contributed by atoms with E-state index in [0.717, 1.165) is 16.9 Å². The van der Waals surface area contributed by atoms with Crippen molar-refractivity contribution in [1.29, 1.82) is 0 Å². The van der Waals surface area contributed by atoms with E-state index in [1.54, 1.807) is 11.9 Å². The number of cyclic esters (lactones) is 1. The molecule has 1 aliphatic heterocycles. The van der Waals surface area contributed by atoms with E-state index in [0.29, 0.717) is 19.8 Å². The molecule has 0 saturated carbocycles. The fourth-order valence-corrected chi connectivity index (χ4v) is 2.75. The molecule has 0 spiro atoms. The molecule has 1 aliphatic rings. The van der Waals surface area contributed by atoms with Crippen LogP contribution in [0.2, 0.25) is 0 Å². The van der Waals surface area contributed by atoms with Gasteiger partial charge in [-0.25, -0.2) is 4.79 Å². The Hall–Kier alpha value is -2.24. The number of hydrogen-bond donors (Lipinski definition) is 0. The molecule has 6 heteroatoms. The molecule has 0 aromatic heterocycles. The Kier molecular flexibility index (Phi) is 6.28. The molecular formula is C19H28N2O4. The first-order valence-corrected chi connectivity index (χ1v) is 8.67. The molecule has 6 nitrogen and oxygen atoms in total. The summed E-state index contributed by atoms with van der Waals surface area (Å²) in [5, 5.41) is 0. The van der Waals surface area contributed by atoms with Crippen molar-refractivity contribution in [3.63, 3.8) is 0 Å². The molecule has 1 aromatic carbocycles. The highest BCUT2D eigenvalue weighted by molar-refractivity contribution is 5.83. The van der Waals surface area contributed by atoms with Crippen LogP contribution in [0.25, 0.3) is 0 Å². The molecule has 138 valence electrons. The van der Waals surface area contributed by atoms with E-state index in [1.165, 1.54) is 4.90 Å². The van der Waals surface area contributed by atoms with Gasteiger partial charge in [0.05, 0.1) is 12.6 Å². The molecule has 1 atom stereocenters. The largest absolute Gasteiger partial charge is 0.491 e. The van der Waals surface area contributed by atoms with Crippen molar-refractivity contribution in [1.82, 2.24) is 9.80 Å². The second kappa shape index (κ2) is 8.23. The first-order valence-electron chi connectivity index (χ1n) is 8.67. The Morgan fingerprint density at radius 2 is 2.12 bits per heavy atom. The van der Waals surface area contributed by atoms with Gasteiger partial charge in [-0.15, -0.1) is 0 Å². The van der Waals surface area contributed by atoms with Crippen molar-refractivity contribution in [2.45, 2.75) is 33.7 Å². The van der Waals surface area contributed by atoms with Crippen molar-refractivity contribution in [2.24, 2.45) is 5.92 Å². The number of nitrogens with zero attached hydrogens (tertiary/aromatic N) is 2. The van der Waals surface area contributed by atoms with Gasteiger partial charge >= 0.3 is 6.09 Å². The van der Waals surface area contributed by atoms with Gasteiger partial charge in [-0.1, -0.05) is 26.0 Å². The number of hydrogen-bond acceptors (Lipinski definition) is 4. The SMILES string of the molecule is Cc1ccc(C)c(OCCN(C)C(=O)CN2C(=O)OC[C@@H]2C(C)C)c1. The van der Waals surface area contributed by atoms with Crippen LogP contribution in [0, 0.1) is 19.8 Å². The van der Waals surface area contributed by atoms with Crippen LogP contribution in [0.5, 0.6) is 5.75 Å². The normalized spacial score (nSPS) is 17.0. The number of amides is 2. The summed E-state index contributed by atoms with van der Waals surface area (Å²) in [6, 6.07) is 6.00. The number of likely N-dealkylation sites (N-methyl/N-ethyl adjacent to an activating group) is 1. The van der Waals surface area contributed by atoms with Crippen molar-refractivity contribution >= 4 is 12.0 Å². The minimum absolute atomic E-state index is 0.0433. The molecule has 1 aromatic rings. The summed E-state index contributed by atoms with van der Waals surface area (Å²) in [5.41, 5.74) is 2.21. The summed E-state index contributed by atoms with van der Waals surface area (Å²) in [5.74, 6) is 0.968. The number of carbonyl (C=O) groups is 2. The lowest BCUT2D eigenvalue weighted by molar-refractivity contribution is -0.131. The maximum atomic E-state index is 12.4. The third-order valence-corrected chi connectivity index (χ3v) is 4.54. The van der Waals surface area contributed by atoms with Crippen LogP contribution in [0.3, 0.4) is 0 Å². The molecule has 0 bridgehead atoms. The zero-order valence-electron chi connectivity index (χ0n) is 15.7. The van der Waals surface area contributed by atoms with E-state index >= 15 is 0 Å². The summed E-state index contributed by atoms with van der Waals surface area (Å²) >= 11 is 0. The lowest BCUT2D eigenvalue weighted by atomic mass is 10.0. The fourth-order valence-electron chi connectivity index (χ4n) is 2.75. The monoisotopic (exact) mass is 348 g/mol. The van der Waals surface area contributed by atoms with Crippen molar-refractivity contribution in [3.8, 4) is 5.75 Å². The summed E-state index contributed by atoms with van der Waals surface area (Å²) in [6.07, 6.45) is -0.410. The Bertz CT molecular complexity index is 630. The predicted octanol–water partition coefficient (Wildman–Crippen LogP) is 2.62. The van der Waals surface area contributed by atoms with Crippen LogP contribution >= 0.6 is 0 Å². The third kappa shape index (κ3) is 4.87. The van der Waals surface area contributed by atoms with E-state index in [-0.39, 0.29) is 24.4 Å². The van der Waals surface area contributed by atoms with Crippen molar-refractivity contribution < 1.29 is 19.1 Å². The van der Waals surface area contributed by atoms with Gasteiger partial charge in [0, 0.05) is 7.05 Å². The summed E-state index contributed by atoms with van der Waals surface area (Å²) in [7, 11) is 1.72. The van der Waals surface area contributed by atoms with Crippen LogP contribution in [0.1, 0.15) is 25.0 Å². The highest BCUT2D eigenvalue weighted by Crippen LogP contribution is 2.20. The molecule has 1 fully saturated rings. The van der Waals surface area contributed by atoms with Gasteiger partial charge < -0.3 is 14.4 Å². The Morgan fingerprint density at radius 3 is 2.80 bits per heavy atom. The quantitative estimate of drug-likeness (QED) is 0.760. The average Bonchev–Trinajstić information content (AvgIpc) is 2.91. The van der Waals surface area contributed by atoms with Crippen LogP contribution in [-0.4, -0.2) is 61.2 Å². The maximum absolute atomic E-state index is 12.4. The summed E-state index contributed by atoms with van der Waals surface area (Å²) in [4.78, 5) is 27.3. The smallest absolute Gasteiger partial charge is 0.410 e. The molecule has 0 aliphatic carbocycles. The zero-order chi connectivity index (χ0) is 18.6. The van der Waals surface area contributed by atoms with Gasteiger partial charge in [0.15, 0.2) is 0 Å². The van der Waals surface area contributed by atoms with Crippen LogP contribution in [0.4, 0.5) is 4.79 Å². The average molecular weight is 348 g/mol. The van der Waals surface area contributed by atoms with Crippen molar-refractivity contribution in [3.05, 3.63) is 29.3 Å². The predicted molar refractivity (Wildman–Crippen MR) is 95.7 cm³/mol. The Balaban J connectivity index is 1.84. The second-order valence-corrected chi connectivity index (χ2v) is 6.95. The molecule has 2 amide bonds. The number of ether oxygens (including phenoxy) is 2. The zero-order valence-corrected chi connectivity index (χ0v) is 15.7. The lowest BCUT2D eigenvalue weighted by Gasteiger charge is -2.26. The Morgan fingerprint density at radius 1 is 1.40 bits per heavy atom. The van der Waals surface area contributed by atoms with E-state index in [4.69, 9.17) is 9.47 Å². The number of rotatable bonds is 7. The standard InChI is InChI=1S/C19H28N2O4/c1-13(2)16-12-25-19(23)21(16)11-18(22)20(5)8-9-24-17-10-14(3)6-7-15(17)4/h6-7,10,13,16H,8-9,11-12H2,1-5H3/t16-/m1/s1. The maximum Gasteiger partial charge on any atom is 0.410 e. The fraction of sp³-hybridized carbons (Fsp3) is 0.579. The van der Waals surface area contributed by atoms with Crippen molar-refractivity contribution in [2.75, 3.05) is 33.4 Å². The number of aryl methyl sites for hydroxylation is 2. The first-order chi connectivity index (χ1) is 11.8. The summed E-state index contributed by atoms with van der Waals surface area (Å²) < 4.78 is 10.9. The molecular weight excluding hydrogens is 320 g/mol. The molecule has 0 N–H and O–H groups in total. The molecule has 1 saturated heterocycles. The molecule has 25 heavy (non-hydrogen) atoms. The van der Waals surface area contributed by atoms with E-state index in [1.807, 2.05) is 45.9 Å². The molecule has 0 radical (unpaired) electrons. The number of benzene rings is 1. The van der Waals surface area contributed by atoms with Gasteiger partial charge in [-0.05, 0) is 37.0 Å². The lowest BCUT2D eigenvalue weighted by Crippen LogP contribution is -2.45. The topological polar surface area (TPSA) is 59.1 Å². The molecule has 2 rings (SSSR count). The molecule has 0 unspecified atom stereocenters. The minimum Gasteiger partial charge on any atom is -0.491 e. The van der Waals surface area contributed by atoms with Crippen LogP contribution in [-0.2, 0) is 9.53 Å². The minimum atomic E-state index is -0.410. The van der Waals surface area contributed by atoms with E-state index < -0.39 is 6.09 Å². The van der Waals surface area contributed by atoms with Gasteiger partial charge in [-0.3, -0.25) is 9.69 Å². The first kappa shape index (κ1) is 19.1. The number of carbonyl (C=O) groups excluding carboxylic acids is 2. The third-order valence-electron chi connectivity index (χ3n) is 4.54. The van der Waals surface area contributed by atoms with Gasteiger partial charge in [0.2, 0.25) is 5.91 Å². The van der Waals surface area contributed by atoms with Gasteiger partial charge in [0.1, 0.15) is 25.5 Å². The van der Waals surface area contributed by atoms with Gasteiger partial charge in [0.25, 0.3) is 0 Å². The second-order valence-electron chi connectivity index (χ2n) is 6.95. The highest BCUT2D eigenvalue weighted by atomic mass is 16.6. The van der Waals surface area contributed by atoms with E-state index in [2.05, 4.69) is 0 Å². The van der Waals surface area contributed by atoms with E-state index in [9.17, 15) is 9.59 Å². The highest BCUT2D eigenvalue weighted by Gasteiger charge is 2.36. The van der Waals surface area contributed by atoms with Crippen LogP contribution < -0.4 is 4.74 Å². The summed E-state index contributed by atoms with van der Waals surface area (Å²) in [6.45, 7) is 9.31. The van der Waals surface area contributed by atoms with Gasteiger partial charge in [-0.2, -0.15) is 0 Å². The Labute approximate surface area is 149 Å². The van der Waals surface area contributed by atoms with Crippen LogP contribution in [0.15, 0.2) is 18.2 Å². The molecule has 1 heterocycles.